The number of benzene rings is 3. The molecule has 0 spiro atoms. The molecule has 47 heavy (non-hydrogen) atoms. The fourth-order valence-corrected chi connectivity index (χ4v) is 6.13. The van der Waals surface area contributed by atoms with Gasteiger partial charge in [-0.3, -0.25) is 14.4 Å². The number of nitrogens with one attached hydrogen (secondary N) is 1. The molecule has 3 aromatic carbocycles. The molecule has 1 heterocycles. The van der Waals surface area contributed by atoms with Crippen molar-refractivity contribution in [2.24, 2.45) is 5.10 Å². The first-order chi connectivity index (χ1) is 22.1. The van der Waals surface area contributed by atoms with E-state index in [2.05, 4.69) is 64.1 Å². The number of hydrazone groups is 1. The Morgan fingerprint density at radius 2 is 1.60 bits per heavy atom. The fourth-order valence-electron chi connectivity index (χ4n) is 5.15. The zero-order valence-corrected chi connectivity index (χ0v) is 30.1. The Kier molecular flexibility index (Phi) is 11.3. The smallest absolute Gasteiger partial charge is 0.264 e. The average Bonchev–Trinajstić information content (AvgIpc) is 3.38. The molecule has 0 saturated carbocycles. The van der Waals surface area contributed by atoms with Crippen molar-refractivity contribution in [2.75, 3.05) is 23.1 Å². The predicted molar refractivity (Wildman–Crippen MR) is 192 cm³/mol. The maximum Gasteiger partial charge on any atom is 0.264 e. The molecule has 0 aromatic heterocycles. The van der Waals surface area contributed by atoms with Crippen molar-refractivity contribution in [2.45, 2.75) is 78.6 Å². The molecule has 250 valence electrons. The van der Waals surface area contributed by atoms with Crippen molar-refractivity contribution >= 4 is 69.7 Å². The van der Waals surface area contributed by atoms with Crippen LogP contribution in [0, 0.1) is 0 Å². The predicted octanol–water partition coefficient (Wildman–Crippen LogP) is 8.93. The van der Waals surface area contributed by atoms with Crippen molar-refractivity contribution in [3.8, 4) is 5.75 Å². The maximum absolute atomic E-state index is 13.5. The van der Waals surface area contributed by atoms with Gasteiger partial charge in [0.05, 0.1) is 16.5 Å². The van der Waals surface area contributed by atoms with Crippen LogP contribution in [0.2, 0.25) is 15.1 Å². The molecule has 8 nitrogen and oxygen atoms in total. The molecule has 1 aliphatic rings. The number of likely N-dealkylation sites (N-methyl/N-ethyl adjacent to an activating group) is 1. The first-order valence-corrected chi connectivity index (χ1v) is 16.8. The number of halogens is 3. The molecule has 0 aliphatic carbocycles. The number of carbonyl (C=O) groups is 3. The van der Waals surface area contributed by atoms with Crippen LogP contribution >= 0.6 is 34.8 Å². The number of hydrogen-bond acceptors (Lipinski definition) is 5. The lowest BCUT2D eigenvalue weighted by molar-refractivity contribution is -0.120. The molecular formula is C36H41Cl3N4O4. The molecule has 0 bridgehead atoms. The number of amidine groups is 1. The number of carbonyl (C=O) groups excluding carboxylic acids is 3. The zero-order chi connectivity index (χ0) is 34.7. The van der Waals surface area contributed by atoms with Gasteiger partial charge in [-0.25, -0.2) is 0 Å². The van der Waals surface area contributed by atoms with Crippen LogP contribution in [-0.2, 0) is 20.4 Å². The molecule has 11 heteroatoms. The maximum atomic E-state index is 13.5. The molecule has 0 fully saturated rings. The molecule has 3 aromatic rings. The third kappa shape index (κ3) is 8.11. The minimum Gasteiger partial charge on any atom is -0.483 e. The van der Waals surface area contributed by atoms with Crippen molar-refractivity contribution in [1.29, 1.82) is 0 Å². The van der Waals surface area contributed by atoms with E-state index >= 15 is 0 Å². The number of amides is 3. The van der Waals surface area contributed by atoms with Crippen LogP contribution < -0.4 is 20.0 Å². The summed E-state index contributed by atoms with van der Waals surface area (Å²) in [6.45, 7) is 15.2. The van der Waals surface area contributed by atoms with Crippen LogP contribution in [-0.4, -0.2) is 36.7 Å². The van der Waals surface area contributed by atoms with Crippen LogP contribution in [0.15, 0.2) is 59.7 Å². The van der Waals surface area contributed by atoms with E-state index in [1.165, 1.54) is 17.7 Å². The highest BCUT2D eigenvalue weighted by molar-refractivity contribution is 6.42. The minimum absolute atomic E-state index is 0.0145. The highest BCUT2D eigenvalue weighted by atomic mass is 35.5. The van der Waals surface area contributed by atoms with Gasteiger partial charge in [0.15, 0.2) is 6.61 Å². The fraction of sp³-hybridized carbons (Fsp3) is 0.389. The van der Waals surface area contributed by atoms with Crippen molar-refractivity contribution < 1.29 is 19.1 Å². The Labute approximate surface area is 292 Å². The molecule has 0 atom stereocenters. The summed E-state index contributed by atoms with van der Waals surface area (Å²) < 4.78 is 6.19. The lowest BCUT2D eigenvalue weighted by Gasteiger charge is -2.30. The number of hydrogen-bond donors (Lipinski definition) is 1. The lowest BCUT2D eigenvalue weighted by atomic mass is 9.76. The molecule has 3 amide bonds. The van der Waals surface area contributed by atoms with E-state index in [1.54, 1.807) is 29.2 Å². The first kappa shape index (κ1) is 36.2. The van der Waals surface area contributed by atoms with Crippen molar-refractivity contribution in [3.63, 3.8) is 0 Å². The Morgan fingerprint density at radius 3 is 2.21 bits per heavy atom. The monoisotopic (exact) mass is 698 g/mol. The topological polar surface area (TPSA) is 91.3 Å². The lowest BCUT2D eigenvalue weighted by Crippen LogP contribution is -2.35. The van der Waals surface area contributed by atoms with Crippen molar-refractivity contribution in [3.05, 3.63) is 86.4 Å². The van der Waals surface area contributed by atoms with Crippen LogP contribution in [0.25, 0.3) is 0 Å². The van der Waals surface area contributed by atoms with E-state index in [0.29, 0.717) is 23.0 Å². The number of nitrogens with zero attached hydrogens (tertiary/aromatic N) is 3. The second kappa shape index (κ2) is 14.7. The van der Waals surface area contributed by atoms with Gasteiger partial charge in [-0.1, -0.05) is 94.5 Å². The second-order valence-corrected chi connectivity index (χ2v) is 14.0. The Hall–Kier alpha value is -3.59. The Bertz CT molecular complexity index is 1700. The SMILES string of the molecule is CCN(C(=O)COc1ccc(C(C)(C)CC)cc1C(C)(C)CC)c1cccc(C(=O)NC2=NN(c3c(Cl)cc(Cl)cc3Cl)C(=O)C2)c1. The zero-order valence-electron chi connectivity index (χ0n) is 27.8. The van der Waals surface area contributed by atoms with E-state index < -0.39 is 11.8 Å². The van der Waals surface area contributed by atoms with Crippen LogP contribution in [0.4, 0.5) is 11.4 Å². The largest absolute Gasteiger partial charge is 0.483 e. The number of rotatable bonds is 11. The first-order valence-electron chi connectivity index (χ1n) is 15.7. The summed E-state index contributed by atoms with van der Waals surface area (Å²) in [6, 6.07) is 15.9. The molecule has 4 rings (SSSR count). The van der Waals surface area contributed by atoms with Crippen molar-refractivity contribution in [1.82, 2.24) is 5.32 Å². The summed E-state index contributed by atoms with van der Waals surface area (Å²) in [7, 11) is 0. The van der Waals surface area contributed by atoms with E-state index in [9.17, 15) is 14.4 Å². The number of ether oxygens (including phenoxy) is 1. The molecule has 0 radical (unpaired) electrons. The Morgan fingerprint density at radius 1 is 0.936 bits per heavy atom. The third-order valence-corrected chi connectivity index (χ3v) is 9.67. The van der Waals surface area contributed by atoms with Gasteiger partial charge in [-0.15, -0.1) is 0 Å². The van der Waals surface area contributed by atoms with E-state index in [4.69, 9.17) is 39.5 Å². The molecule has 0 unspecified atom stereocenters. The Balaban J connectivity index is 1.50. The average molecular weight is 700 g/mol. The van der Waals surface area contributed by atoms with Gasteiger partial charge < -0.3 is 15.0 Å². The van der Waals surface area contributed by atoms with E-state index in [-0.39, 0.29) is 56.9 Å². The third-order valence-electron chi connectivity index (χ3n) is 8.87. The number of anilines is 2. The standard InChI is InChI=1S/C36H41Cl3N4O4/c1-8-35(4,5)23-14-15-29(26(17-23)36(6,7)9-2)47-21-32(45)42(10-3)25-13-11-12-22(16-25)34(46)40-30-20-31(44)43(41-30)33-27(38)18-24(37)19-28(33)39/h11-19H,8-10,20-21H2,1-7H3,(H,40,41,46). The molecule has 0 saturated heterocycles. The van der Waals surface area contributed by atoms with Crippen LogP contribution in [0.1, 0.15) is 89.2 Å². The van der Waals surface area contributed by atoms with Gasteiger partial charge in [-0.05, 0) is 72.6 Å². The van der Waals surface area contributed by atoms with Crippen LogP contribution in [0.5, 0.6) is 5.75 Å². The summed E-state index contributed by atoms with van der Waals surface area (Å²) in [6.07, 6.45) is 1.74. The highest BCUT2D eigenvalue weighted by Crippen LogP contribution is 2.39. The van der Waals surface area contributed by atoms with Crippen LogP contribution in [0.3, 0.4) is 0 Å². The normalized spacial score (nSPS) is 13.4. The van der Waals surface area contributed by atoms with Gasteiger partial charge in [0, 0.05) is 28.4 Å². The minimum atomic E-state index is -0.491. The summed E-state index contributed by atoms with van der Waals surface area (Å²) in [5.41, 5.74) is 3.17. The van der Waals surface area contributed by atoms with Gasteiger partial charge >= 0.3 is 0 Å². The van der Waals surface area contributed by atoms with E-state index in [0.717, 1.165) is 23.4 Å². The molecule has 1 aliphatic heterocycles. The summed E-state index contributed by atoms with van der Waals surface area (Å²) >= 11 is 18.5. The van der Waals surface area contributed by atoms with Gasteiger partial charge in [-0.2, -0.15) is 10.1 Å². The van der Waals surface area contributed by atoms with Gasteiger partial charge in [0.2, 0.25) is 0 Å². The molecule has 1 N–H and O–H groups in total. The highest BCUT2D eigenvalue weighted by Gasteiger charge is 2.31. The van der Waals surface area contributed by atoms with E-state index in [1.807, 2.05) is 13.0 Å². The quantitative estimate of drug-likeness (QED) is 0.216. The summed E-state index contributed by atoms with van der Waals surface area (Å²) in [4.78, 5) is 41.0. The molecular weight excluding hydrogens is 659 g/mol. The second-order valence-electron chi connectivity index (χ2n) is 12.8. The van der Waals surface area contributed by atoms with Gasteiger partial charge in [0.25, 0.3) is 17.7 Å². The van der Waals surface area contributed by atoms with Gasteiger partial charge in [0.1, 0.15) is 17.3 Å². The summed E-state index contributed by atoms with van der Waals surface area (Å²) in [5, 5.41) is 8.59. The summed E-state index contributed by atoms with van der Waals surface area (Å²) in [5.74, 6) is -0.344.